The molecule has 0 aliphatic heterocycles. The van der Waals surface area contributed by atoms with Gasteiger partial charge in [0.25, 0.3) is 0 Å². The number of aryl methyl sites for hydroxylation is 1. The Balaban J connectivity index is 2.46. The number of halogens is 3. The van der Waals surface area contributed by atoms with Crippen molar-refractivity contribution in [3.8, 4) is 5.75 Å². The topological polar surface area (TPSA) is 35.2 Å². The predicted molar refractivity (Wildman–Crippen MR) is 59.9 cm³/mol. The first-order chi connectivity index (χ1) is 7.92. The van der Waals surface area contributed by atoms with E-state index in [0.29, 0.717) is 12.3 Å². The first kappa shape index (κ1) is 13.8. The molecule has 0 aliphatic carbocycles. The lowest BCUT2D eigenvalue weighted by molar-refractivity contribution is -0.136. The molecule has 0 atom stereocenters. The van der Waals surface area contributed by atoms with Gasteiger partial charge in [0.1, 0.15) is 5.75 Å². The highest BCUT2D eigenvalue weighted by Gasteiger charge is 2.26. The van der Waals surface area contributed by atoms with Gasteiger partial charge in [-0.15, -0.1) is 0 Å². The number of hydrogen-bond donors (Lipinski definition) is 1. The van der Waals surface area contributed by atoms with Crippen molar-refractivity contribution in [2.24, 2.45) is 5.73 Å². The Kier molecular flexibility index (Phi) is 4.81. The number of ether oxygens (including phenoxy) is 1. The van der Waals surface area contributed by atoms with Crippen LogP contribution in [0, 0.1) is 6.92 Å². The van der Waals surface area contributed by atoms with Crippen molar-refractivity contribution >= 4 is 0 Å². The molecule has 5 heteroatoms. The second kappa shape index (κ2) is 5.91. The number of alkyl halides is 3. The summed E-state index contributed by atoms with van der Waals surface area (Å²) in [6.45, 7) is 2.30. The molecule has 0 unspecified atom stereocenters. The number of rotatable bonds is 5. The van der Waals surface area contributed by atoms with Gasteiger partial charge in [0.05, 0.1) is 6.61 Å². The van der Waals surface area contributed by atoms with Crippen LogP contribution in [0.4, 0.5) is 13.2 Å². The zero-order valence-corrected chi connectivity index (χ0v) is 9.68. The third-order valence-electron chi connectivity index (χ3n) is 2.35. The molecule has 0 aliphatic rings. The molecule has 96 valence electrons. The first-order valence-electron chi connectivity index (χ1n) is 5.41. The van der Waals surface area contributed by atoms with Crippen LogP contribution in [0.5, 0.6) is 5.75 Å². The monoisotopic (exact) mass is 247 g/mol. The van der Waals surface area contributed by atoms with E-state index in [0.717, 1.165) is 11.1 Å². The van der Waals surface area contributed by atoms with Crippen LogP contribution in [-0.2, 0) is 6.54 Å². The minimum atomic E-state index is -4.11. The van der Waals surface area contributed by atoms with Crippen molar-refractivity contribution in [1.29, 1.82) is 0 Å². The second-order valence-electron chi connectivity index (χ2n) is 3.87. The number of benzene rings is 1. The Labute approximate surface area is 98.6 Å². The van der Waals surface area contributed by atoms with Crippen molar-refractivity contribution in [3.63, 3.8) is 0 Å². The minimum Gasteiger partial charge on any atom is -0.493 e. The summed E-state index contributed by atoms with van der Waals surface area (Å²) in [6, 6.07) is 5.49. The van der Waals surface area contributed by atoms with Crippen molar-refractivity contribution < 1.29 is 17.9 Å². The van der Waals surface area contributed by atoms with E-state index in [1.54, 1.807) is 6.07 Å². The highest BCUT2D eigenvalue weighted by molar-refractivity contribution is 5.36. The fraction of sp³-hybridized carbons (Fsp3) is 0.500. The smallest absolute Gasteiger partial charge is 0.389 e. The molecule has 17 heavy (non-hydrogen) atoms. The average Bonchev–Trinajstić information content (AvgIpc) is 2.25. The van der Waals surface area contributed by atoms with Crippen LogP contribution < -0.4 is 10.5 Å². The molecule has 0 spiro atoms. The van der Waals surface area contributed by atoms with Crippen LogP contribution in [0.3, 0.4) is 0 Å². The van der Waals surface area contributed by atoms with Gasteiger partial charge in [-0.3, -0.25) is 0 Å². The van der Waals surface area contributed by atoms with Crippen molar-refractivity contribution in [3.05, 3.63) is 29.3 Å². The Morgan fingerprint density at radius 1 is 1.29 bits per heavy atom. The van der Waals surface area contributed by atoms with Gasteiger partial charge in [-0.25, -0.2) is 0 Å². The summed E-state index contributed by atoms with van der Waals surface area (Å²) >= 11 is 0. The van der Waals surface area contributed by atoms with Crippen LogP contribution in [0.25, 0.3) is 0 Å². The van der Waals surface area contributed by atoms with E-state index in [2.05, 4.69) is 0 Å². The largest absolute Gasteiger partial charge is 0.493 e. The van der Waals surface area contributed by atoms with E-state index < -0.39 is 12.6 Å². The molecule has 0 saturated carbocycles. The molecule has 0 fully saturated rings. The molecular weight excluding hydrogens is 231 g/mol. The summed E-state index contributed by atoms with van der Waals surface area (Å²) in [5.74, 6) is 0.607. The Hall–Kier alpha value is -1.23. The molecular formula is C12H16F3NO. The van der Waals surface area contributed by atoms with Gasteiger partial charge in [-0.1, -0.05) is 12.1 Å². The van der Waals surface area contributed by atoms with Gasteiger partial charge >= 0.3 is 6.18 Å². The third kappa shape index (κ3) is 5.08. The second-order valence-corrected chi connectivity index (χ2v) is 3.87. The zero-order chi connectivity index (χ0) is 12.9. The fourth-order valence-electron chi connectivity index (χ4n) is 1.38. The normalized spacial score (nSPS) is 11.6. The summed E-state index contributed by atoms with van der Waals surface area (Å²) in [4.78, 5) is 0. The quantitative estimate of drug-likeness (QED) is 0.811. The maximum atomic E-state index is 11.9. The summed E-state index contributed by atoms with van der Waals surface area (Å²) in [5, 5.41) is 0. The minimum absolute atomic E-state index is 0.0320. The van der Waals surface area contributed by atoms with E-state index in [1.807, 2.05) is 19.1 Å². The molecule has 0 saturated heterocycles. The third-order valence-corrected chi connectivity index (χ3v) is 2.35. The van der Waals surface area contributed by atoms with Crippen molar-refractivity contribution in [1.82, 2.24) is 0 Å². The lowest BCUT2D eigenvalue weighted by Crippen LogP contribution is -2.10. The SMILES string of the molecule is Cc1ccc(CN)cc1OCCCC(F)(F)F. The van der Waals surface area contributed by atoms with E-state index in [1.165, 1.54) is 0 Å². The highest BCUT2D eigenvalue weighted by Crippen LogP contribution is 2.23. The van der Waals surface area contributed by atoms with Crippen LogP contribution in [-0.4, -0.2) is 12.8 Å². The van der Waals surface area contributed by atoms with Gasteiger partial charge in [0, 0.05) is 13.0 Å². The summed E-state index contributed by atoms with van der Waals surface area (Å²) < 4.78 is 41.0. The van der Waals surface area contributed by atoms with Crippen LogP contribution in [0.15, 0.2) is 18.2 Å². The number of hydrogen-bond acceptors (Lipinski definition) is 2. The Morgan fingerprint density at radius 2 is 2.00 bits per heavy atom. The molecule has 2 N–H and O–H groups in total. The molecule has 1 aromatic rings. The van der Waals surface area contributed by atoms with Crippen LogP contribution in [0.1, 0.15) is 24.0 Å². The Morgan fingerprint density at radius 3 is 2.59 bits per heavy atom. The van der Waals surface area contributed by atoms with E-state index in [-0.39, 0.29) is 13.0 Å². The summed E-state index contributed by atoms with van der Waals surface area (Å²) in [6.07, 6.45) is -4.96. The van der Waals surface area contributed by atoms with Crippen LogP contribution in [0.2, 0.25) is 0 Å². The predicted octanol–water partition coefficient (Wildman–Crippen LogP) is 3.18. The molecule has 0 amide bonds. The van der Waals surface area contributed by atoms with E-state index >= 15 is 0 Å². The maximum absolute atomic E-state index is 11.9. The van der Waals surface area contributed by atoms with Crippen molar-refractivity contribution in [2.45, 2.75) is 32.5 Å². The van der Waals surface area contributed by atoms with Gasteiger partial charge in [-0.2, -0.15) is 13.2 Å². The van der Waals surface area contributed by atoms with Gasteiger partial charge in [0.15, 0.2) is 0 Å². The summed E-state index contributed by atoms with van der Waals surface area (Å²) in [7, 11) is 0. The molecule has 0 heterocycles. The molecule has 2 nitrogen and oxygen atoms in total. The van der Waals surface area contributed by atoms with Crippen LogP contribution >= 0.6 is 0 Å². The van der Waals surface area contributed by atoms with Gasteiger partial charge in [0.2, 0.25) is 0 Å². The van der Waals surface area contributed by atoms with Gasteiger partial charge in [-0.05, 0) is 30.5 Å². The maximum Gasteiger partial charge on any atom is 0.389 e. The lowest BCUT2D eigenvalue weighted by Gasteiger charge is -2.11. The number of nitrogens with two attached hydrogens (primary N) is 1. The molecule has 0 aromatic heterocycles. The molecule has 1 aromatic carbocycles. The molecule has 1 rings (SSSR count). The molecule has 0 bridgehead atoms. The first-order valence-corrected chi connectivity index (χ1v) is 5.41. The lowest BCUT2D eigenvalue weighted by atomic mass is 10.1. The van der Waals surface area contributed by atoms with E-state index in [4.69, 9.17) is 10.5 Å². The average molecular weight is 247 g/mol. The van der Waals surface area contributed by atoms with Crippen molar-refractivity contribution in [2.75, 3.05) is 6.61 Å². The van der Waals surface area contributed by atoms with Gasteiger partial charge < -0.3 is 10.5 Å². The molecule has 0 radical (unpaired) electrons. The fourth-order valence-corrected chi connectivity index (χ4v) is 1.38. The zero-order valence-electron chi connectivity index (χ0n) is 9.68. The highest BCUT2D eigenvalue weighted by atomic mass is 19.4. The van der Waals surface area contributed by atoms with E-state index in [9.17, 15) is 13.2 Å². The summed E-state index contributed by atoms with van der Waals surface area (Å²) in [5.41, 5.74) is 7.28. The standard InChI is InChI=1S/C12H16F3NO/c1-9-3-4-10(8-16)7-11(9)17-6-2-5-12(13,14)15/h3-4,7H,2,5-6,8,16H2,1H3. The Bertz CT molecular complexity index is 363.